The Morgan fingerprint density at radius 3 is 2.28 bits per heavy atom. The highest BCUT2D eigenvalue weighted by molar-refractivity contribution is 7.88. The Balaban J connectivity index is 4.16. The van der Waals surface area contributed by atoms with E-state index in [1.807, 2.05) is 0 Å². The quantitative estimate of drug-likeness (QED) is 0.589. The number of carbonyl (C=O) groups is 2. The molecule has 0 heterocycles. The van der Waals surface area contributed by atoms with E-state index in [0.29, 0.717) is 0 Å². The van der Waals surface area contributed by atoms with Crippen LogP contribution in [0.1, 0.15) is 20.3 Å². The third-order valence-electron chi connectivity index (χ3n) is 1.73. The van der Waals surface area contributed by atoms with E-state index in [1.165, 1.54) is 0 Å². The number of urea groups is 1. The Hall–Kier alpha value is -0.860. The maximum absolute atomic E-state index is 11.3. The molecule has 106 valence electrons. The van der Waals surface area contributed by atoms with Crippen molar-refractivity contribution in [3.05, 3.63) is 0 Å². The van der Waals surface area contributed by atoms with E-state index in [0.717, 1.165) is 6.26 Å². The molecule has 7 nitrogen and oxygen atoms in total. The first kappa shape index (κ1) is 17.1. The molecular weight excluding hydrogens is 282 g/mol. The first-order chi connectivity index (χ1) is 8.06. The third-order valence-corrected chi connectivity index (χ3v) is 2.84. The number of hydrogen-bond donors (Lipinski definition) is 3. The summed E-state index contributed by atoms with van der Waals surface area (Å²) in [7, 11) is -3.37. The molecule has 0 unspecified atom stereocenters. The average molecular weight is 300 g/mol. The highest BCUT2D eigenvalue weighted by Gasteiger charge is 2.22. The predicted octanol–water partition coefficient (Wildman–Crippen LogP) is -0.231. The Morgan fingerprint density at radius 1 is 1.28 bits per heavy atom. The second-order valence-corrected chi connectivity index (χ2v) is 6.55. The van der Waals surface area contributed by atoms with Crippen molar-refractivity contribution in [1.29, 1.82) is 0 Å². The highest BCUT2D eigenvalue weighted by Crippen LogP contribution is 2.01. The minimum Gasteiger partial charge on any atom is -0.336 e. The molecule has 0 radical (unpaired) electrons. The van der Waals surface area contributed by atoms with E-state index in [9.17, 15) is 18.0 Å². The number of alkyl halides is 1. The number of imide groups is 1. The van der Waals surface area contributed by atoms with Crippen LogP contribution in [0.2, 0.25) is 0 Å². The van der Waals surface area contributed by atoms with E-state index in [4.69, 9.17) is 11.6 Å². The smallest absolute Gasteiger partial charge is 0.321 e. The van der Waals surface area contributed by atoms with Gasteiger partial charge in [0, 0.05) is 24.4 Å². The average Bonchev–Trinajstić information content (AvgIpc) is 2.11. The Bertz CT molecular complexity index is 408. The molecule has 0 rings (SSSR count). The lowest BCUT2D eigenvalue weighted by Gasteiger charge is -2.25. The lowest BCUT2D eigenvalue weighted by molar-refractivity contribution is -0.119. The molecule has 0 aromatic heterocycles. The van der Waals surface area contributed by atoms with Crippen LogP contribution in [-0.4, -0.2) is 44.6 Å². The Morgan fingerprint density at radius 2 is 1.83 bits per heavy atom. The monoisotopic (exact) mass is 299 g/mol. The van der Waals surface area contributed by atoms with Gasteiger partial charge >= 0.3 is 6.03 Å². The van der Waals surface area contributed by atoms with Crippen molar-refractivity contribution < 1.29 is 18.0 Å². The summed E-state index contributed by atoms with van der Waals surface area (Å²) >= 11 is 5.33. The highest BCUT2D eigenvalue weighted by atomic mass is 35.5. The molecule has 3 N–H and O–H groups in total. The molecule has 9 heteroatoms. The number of rotatable bonds is 6. The summed E-state index contributed by atoms with van der Waals surface area (Å²) in [4.78, 5) is 22.3. The van der Waals surface area contributed by atoms with Gasteiger partial charge in [0.05, 0.1) is 6.26 Å². The third kappa shape index (κ3) is 9.20. The second-order valence-electron chi connectivity index (χ2n) is 4.43. The van der Waals surface area contributed by atoms with Crippen LogP contribution in [0.5, 0.6) is 0 Å². The van der Waals surface area contributed by atoms with Gasteiger partial charge in [0.25, 0.3) is 0 Å². The van der Waals surface area contributed by atoms with Gasteiger partial charge in [-0.15, -0.1) is 11.6 Å². The Labute approximate surface area is 112 Å². The predicted molar refractivity (Wildman–Crippen MR) is 68.9 cm³/mol. The number of nitrogens with one attached hydrogen (secondary N) is 3. The van der Waals surface area contributed by atoms with Gasteiger partial charge < -0.3 is 5.32 Å². The van der Waals surface area contributed by atoms with Gasteiger partial charge in [0.15, 0.2) is 0 Å². The van der Waals surface area contributed by atoms with Crippen LogP contribution in [0.3, 0.4) is 0 Å². The first-order valence-electron chi connectivity index (χ1n) is 5.18. The molecule has 3 amide bonds. The van der Waals surface area contributed by atoms with Crippen LogP contribution >= 0.6 is 11.6 Å². The molecule has 0 saturated carbocycles. The van der Waals surface area contributed by atoms with Gasteiger partial charge in [0.1, 0.15) is 0 Å². The van der Waals surface area contributed by atoms with Gasteiger partial charge in [-0.3, -0.25) is 10.1 Å². The zero-order valence-corrected chi connectivity index (χ0v) is 12.1. The maximum Gasteiger partial charge on any atom is 0.321 e. The fourth-order valence-electron chi connectivity index (χ4n) is 1.16. The molecule has 0 aliphatic heterocycles. The molecule has 0 aliphatic carbocycles. The van der Waals surface area contributed by atoms with Crippen molar-refractivity contribution in [2.75, 3.05) is 18.7 Å². The van der Waals surface area contributed by atoms with Crippen LogP contribution in [0, 0.1) is 0 Å². The number of carbonyl (C=O) groups excluding carboxylic acids is 2. The summed E-state index contributed by atoms with van der Waals surface area (Å²) in [5.74, 6) is -0.364. The van der Waals surface area contributed by atoms with Gasteiger partial charge in [-0.05, 0) is 13.8 Å². The molecule has 0 atom stereocenters. The van der Waals surface area contributed by atoms with E-state index < -0.39 is 27.5 Å². The molecule has 0 saturated heterocycles. The van der Waals surface area contributed by atoms with Crippen molar-refractivity contribution in [1.82, 2.24) is 15.4 Å². The van der Waals surface area contributed by atoms with Gasteiger partial charge in [-0.1, -0.05) is 0 Å². The number of amides is 3. The summed E-state index contributed by atoms with van der Waals surface area (Å²) in [5, 5.41) is 4.46. The van der Waals surface area contributed by atoms with Crippen LogP contribution in [0.4, 0.5) is 4.79 Å². The Kier molecular flexibility index (Phi) is 6.58. The minimum atomic E-state index is -3.37. The molecule has 0 fully saturated rings. The van der Waals surface area contributed by atoms with E-state index in [-0.39, 0.29) is 18.8 Å². The molecule has 18 heavy (non-hydrogen) atoms. The minimum absolute atomic E-state index is 0.0416. The van der Waals surface area contributed by atoms with E-state index >= 15 is 0 Å². The summed E-state index contributed by atoms with van der Waals surface area (Å²) < 4.78 is 24.4. The van der Waals surface area contributed by atoms with E-state index in [2.05, 4.69) is 15.4 Å². The van der Waals surface area contributed by atoms with Crippen molar-refractivity contribution in [2.24, 2.45) is 0 Å². The lowest BCUT2D eigenvalue weighted by Crippen LogP contribution is -2.53. The van der Waals surface area contributed by atoms with Gasteiger partial charge in [0.2, 0.25) is 15.9 Å². The SMILES string of the molecule is CC(C)(CNC(=O)NC(=O)CCCl)NS(C)(=O)=O. The molecule has 0 aromatic rings. The molecule has 0 aromatic carbocycles. The second kappa shape index (κ2) is 6.91. The standard InChI is InChI=1S/C9H18ClN3O4S/c1-9(2,13-18(3,16)17)6-11-8(15)12-7(14)4-5-10/h13H,4-6H2,1-3H3,(H2,11,12,14,15). The number of halogens is 1. The molecular formula is C9H18ClN3O4S. The number of hydrogen-bond acceptors (Lipinski definition) is 4. The zero-order chi connectivity index (χ0) is 14.4. The van der Waals surface area contributed by atoms with Crippen LogP contribution in [0.15, 0.2) is 0 Å². The topological polar surface area (TPSA) is 104 Å². The summed E-state index contributed by atoms with van der Waals surface area (Å²) in [5.41, 5.74) is -0.847. The molecule has 0 bridgehead atoms. The van der Waals surface area contributed by atoms with Gasteiger partial charge in [-0.2, -0.15) is 0 Å². The lowest BCUT2D eigenvalue weighted by atomic mass is 10.1. The largest absolute Gasteiger partial charge is 0.336 e. The molecule has 0 aliphatic rings. The van der Waals surface area contributed by atoms with Crippen LogP contribution in [0.25, 0.3) is 0 Å². The fraction of sp³-hybridized carbons (Fsp3) is 0.778. The van der Waals surface area contributed by atoms with Gasteiger partial charge in [-0.25, -0.2) is 17.9 Å². The first-order valence-corrected chi connectivity index (χ1v) is 7.61. The van der Waals surface area contributed by atoms with Crippen molar-refractivity contribution in [3.8, 4) is 0 Å². The van der Waals surface area contributed by atoms with Crippen LogP contribution in [-0.2, 0) is 14.8 Å². The summed E-state index contributed by atoms with van der Waals surface area (Å²) in [6.45, 7) is 3.25. The summed E-state index contributed by atoms with van der Waals surface area (Å²) in [6.07, 6.45) is 1.07. The maximum atomic E-state index is 11.3. The van der Waals surface area contributed by atoms with E-state index in [1.54, 1.807) is 13.8 Å². The summed E-state index contributed by atoms with van der Waals surface area (Å²) in [6, 6.07) is -0.687. The normalized spacial score (nSPS) is 12.0. The fourth-order valence-corrected chi connectivity index (χ4v) is 2.41. The van der Waals surface area contributed by atoms with Crippen molar-refractivity contribution in [3.63, 3.8) is 0 Å². The van der Waals surface area contributed by atoms with Crippen LogP contribution < -0.4 is 15.4 Å². The zero-order valence-electron chi connectivity index (χ0n) is 10.5. The van der Waals surface area contributed by atoms with Crippen molar-refractivity contribution >= 4 is 33.6 Å². The van der Waals surface area contributed by atoms with Crippen molar-refractivity contribution in [2.45, 2.75) is 25.8 Å². The molecule has 0 spiro atoms. The number of sulfonamides is 1.